The Bertz CT molecular complexity index is 788. The number of nitrogens with zero attached hydrogens (tertiary/aromatic N) is 2. The van der Waals surface area contributed by atoms with Gasteiger partial charge in [0.25, 0.3) is 11.8 Å². The first kappa shape index (κ1) is 18.9. The van der Waals surface area contributed by atoms with Crippen LogP contribution in [0.4, 0.5) is 14.5 Å². The minimum atomic E-state index is -2.73. The van der Waals surface area contributed by atoms with E-state index in [4.69, 9.17) is 15.2 Å². The van der Waals surface area contributed by atoms with Crippen molar-refractivity contribution in [1.82, 2.24) is 10.3 Å². The molecule has 1 aromatic heterocycles. The van der Waals surface area contributed by atoms with Gasteiger partial charge in [0.15, 0.2) is 0 Å². The highest BCUT2D eigenvalue weighted by Gasteiger charge is 2.45. The number of amides is 2. The lowest BCUT2D eigenvalue weighted by atomic mass is 9.92. The number of rotatable bonds is 8. The predicted molar refractivity (Wildman–Crippen MR) is 94.4 cm³/mol. The van der Waals surface area contributed by atoms with Gasteiger partial charge in [-0.2, -0.15) is 0 Å². The standard InChI is InChI=1S/C18H22F2N4O4/c19-18(20)7-24(8-18)13-5-22-12(3-14(13)28-6-11-1-2-11)16(26)23-17(4-15(21)25)9-27-10-17/h3,5,11H,1-2,4,6-10H2,(H2,21,25)(H,23,26). The SMILES string of the molecule is NC(=O)CC1(NC(=O)c2cc(OCC3CC3)c(N3CC(F)(F)C3)cn2)COC1. The van der Waals surface area contributed by atoms with Crippen LogP contribution < -0.4 is 20.7 Å². The largest absolute Gasteiger partial charge is 0.491 e. The first-order chi connectivity index (χ1) is 13.3. The third-order valence-electron chi connectivity index (χ3n) is 5.08. The van der Waals surface area contributed by atoms with Crippen LogP contribution >= 0.6 is 0 Å². The molecule has 1 aromatic rings. The summed E-state index contributed by atoms with van der Waals surface area (Å²) < 4.78 is 37.4. The molecule has 2 saturated heterocycles. The van der Waals surface area contributed by atoms with Crippen LogP contribution in [0.2, 0.25) is 0 Å². The molecule has 0 unspecified atom stereocenters. The number of carbonyl (C=O) groups is 2. The number of ether oxygens (including phenoxy) is 2. The lowest BCUT2D eigenvalue weighted by Gasteiger charge is -2.41. The Hall–Kier alpha value is -2.49. The minimum absolute atomic E-state index is 0.0370. The number of nitrogens with one attached hydrogen (secondary N) is 1. The smallest absolute Gasteiger partial charge is 0.282 e. The van der Waals surface area contributed by atoms with Crippen molar-refractivity contribution in [3.63, 3.8) is 0 Å². The maximum atomic E-state index is 13.3. The van der Waals surface area contributed by atoms with E-state index in [9.17, 15) is 18.4 Å². The second kappa shape index (κ2) is 6.84. The number of halogens is 2. The van der Waals surface area contributed by atoms with Gasteiger partial charge in [-0.3, -0.25) is 9.59 Å². The third-order valence-corrected chi connectivity index (χ3v) is 5.08. The molecule has 152 valence electrons. The molecule has 2 aliphatic heterocycles. The van der Waals surface area contributed by atoms with Gasteiger partial charge in [-0.15, -0.1) is 0 Å². The van der Waals surface area contributed by atoms with E-state index >= 15 is 0 Å². The first-order valence-corrected chi connectivity index (χ1v) is 9.19. The van der Waals surface area contributed by atoms with E-state index in [0.717, 1.165) is 12.8 Å². The summed E-state index contributed by atoms with van der Waals surface area (Å²) in [6.45, 7) is 0.0429. The van der Waals surface area contributed by atoms with Crippen molar-refractivity contribution in [2.24, 2.45) is 11.7 Å². The first-order valence-electron chi connectivity index (χ1n) is 9.19. The van der Waals surface area contributed by atoms with Crippen LogP contribution in [0, 0.1) is 5.92 Å². The van der Waals surface area contributed by atoms with Crippen molar-refractivity contribution < 1.29 is 27.8 Å². The number of hydrogen-bond acceptors (Lipinski definition) is 6. The quantitative estimate of drug-likeness (QED) is 0.670. The van der Waals surface area contributed by atoms with Crippen molar-refractivity contribution >= 4 is 17.5 Å². The molecule has 2 amide bonds. The molecular formula is C18H22F2N4O4. The molecular weight excluding hydrogens is 374 g/mol. The summed E-state index contributed by atoms with van der Waals surface area (Å²) in [7, 11) is 0. The van der Waals surface area contributed by atoms with Gasteiger partial charge in [0.2, 0.25) is 5.91 Å². The normalized spacial score (nSPS) is 22.0. The maximum Gasteiger partial charge on any atom is 0.282 e. The second-order valence-electron chi connectivity index (χ2n) is 7.87. The lowest BCUT2D eigenvalue weighted by Crippen LogP contribution is -2.63. The highest BCUT2D eigenvalue weighted by atomic mass is 19.3. The van der Waals surface area contributed by atoms with E-state index in [0.29, 0.717) is 24.0 Å². The Morgan fingerprint density at radius 2 is 2.07 bits per heavy atom. The van der Waals surface area contributed by atoms with Crippen molar-refractivity contribution in [3.05, 3.63) is 18.0 Å². The van der Waals surface area contributed by atoms with Crippen molar-refractivity contribution in [2.45, 2.75) is 30.7 Å². The molecule has 8 nitrogen and oxygen atoms in total. The molecule has 4 rings (SSSR count). The Balaban J connectivity index is 1.51. The van der Waals surface area contributed by atoms with E-state index in [1.165, 1.54) is 17.2 Å². The van der Waals surface area contributed by atoms with Crippen LogP contribution in [0.5, 0.6) is 5.75 Å². The lowest BCUT2D eigenvalue weighted by molar-refractivity contribution is -0.127. The van der Waals surface area contributed by atoms with Gasteiger partial charge < -0.3 is 25.4 Å². The highest BCUT2D eigenvalue weighted by molar-refractivity contribution is 5.94. The Morgan fingerprint density at radius 1 is 1.36 bits per heavy atom. The summed E-state index contributed by atoms with van der Waals surface area (Å²) in [5.74, 6) is -2.95. The second-order valence-corrected chi connectivity index (χ2v) is 7.87. The highest BCUT2D eigenvalue weighted by Crippen LogP contribution is 2.38. The summed E-state index contributed by atoms with van der Waals surface area (Å²) in [5, 5.41) is 2.76. The number of anilines is 1. The predicted octanol–water partition coefficient (Wildman–Crippen LogP) is 0.700. The van der Waals surface area contributed by atoms with Gasteiger partial charge in [-0.05, 0) is 18.8 Å². The molecule has 0 atom stereocenters. The molecule has 3 fully saturated rings. The summed E-state index contributed by atoms with van der Waals surface area (Å²) in [6, 6.07) is 1.46. The number of nitrogens with two attached hydrogens (primary N) is 1. The molecule has 0 spiro atoms. The summed E-state index contributed by atoms with van der Waals surface area (Å²) in [4.78, 5) is 29.5. The molecule has 0 radical (unpaired) electrons. The van der Waals surface area contributed by atoms with E-state index in [-0.39, 0.29) is 25.3 Å². The van der Waals surface area contributed by atoms with E-state index < -0.39 is 36.4 Å². The topological polar surface area (TPSA) is 107 Å². The number of hydrogen-bond donors (Lipinski definition) is 2. The number of pyridine rings is 1. The van der Waals surface area contributed by atoms with Gasteiger partial charge in [0.1, 0.15) is 11.4 Å². The molecule has 1 saturated carbocycles. The zero-order chi connectivity index (χ0) is 19.9. The molecule has 3 heterocycles. The third kappa shape index (κ3) is 4.01. The van der Waals surface area contributed by atoms with Crippen molar-refractivity contribution in [1.29, 1.82) is 0 Å². The van der Waals surface area contributed by atoms with Gasteiger partial charge in [-0.25, -0.2) is 13.8 Å². The van der Waals surface area contributed by atoms with Crippen LogP contribution in [0.25, 0.3) is 0 Å². The molecule has 0 aromatic carbocycles. The van der Waals surface area contributed by atoms with Crippen LogP contribution in [-0.2, 0) is 9.53 Å². The molecule has 28 heavy (non-hydrogen) atoms. The number of aromatic nitrogens is 1. The van der Waals surface area contributed by atoms with Crippen LogP contribution in [0.3, 0.4) is 0 Å². The van der Waals surface area contributed by atoms with Crippen molar-refractivity contribution in [3.8, 4) is 5.75 Å². The number of carbonyl (C=O) groups excluding carboxylic acids is 2. The van der Waals surface area contributed by atoms with Gasteiger partial charge in [0.05, 0.1) is 56.8 Å². The van der Waals surface area contributed by atoms with Crippen LogP contribution in [0.1, 0.15) is 29.8 Å². The molecule has 10 heteroatoms. The molecule has 0 bridgehead atoms. The fourth-order valence-corrected chi connectivity index (χ4v) is 3.29. The molecule has 3 aliphatic rings. The van der Waals surface area contributed by atoms with E-state index in [1.807, 2.05) is 0 Å². The molecule has 1 aliphatic carbocycles. The number of primary amides is 1. The van der Waals surface area contributed by atoms with Crippen molar-refractivity contribution in [2.75, 3.05) is 37.8 Å². The average molecular weight is 396 g/mol. The summed E-state index contributed by atoms with van der Waals surface area (Å²) in [6.07, 6.45) is 3.49. The maximum absolute atomic E-state index is 13.3. The fourth-order valence-electron chi connectivity index (χ4n) is 3.29. The summed E-state index contributed by atoms with van der Waals surface area (Å²) >= 11 is 0. The monoisotopic (exact) mass is 396 g/mol. The Labute approximate surface area is 160 Å². The summed E-state index contributed by atoms with van der Waals surface area (Å²) in [5.41, 5.74) is 4.94. The molecule has 3 N–H and O–H groups in total. The Kier molecular flexibility index (Phi) is 4.60. The van der Waals surface area contributed by atoms with Gasteiger partial charge in [-0.1, -0.05) is 0 Å². The Morgan fingerprint density at radius 3 is 2.61 bits per heavy atom. The van der Waals surface area contributed by atoms with E-state index in [1.54, 1.807) is 0 Å². The zero-order valence-corrected chi connectivity index (χ0v) is 15.2. The zero-order valence-electron chi connectivity index (χ0n) is 15.2. The van der Waals surface area contributed by atoms with Crippen LogP contribution in [-0.4, -0.2) is 61.2 Å². The average Bonchev–Trinajstić information content (AvgIpc) is 3.39. The van der Waals surface area contributed by atoms with Gasteiger partial charge >= 0.3 is 0 Å². The number of alkyl halides is 2. The van der Waals surface area contributed by atoms with Crippen LogP contribution in [0.15, 0.2) is 12.3 Å². The van der Waals surface area contributed by atoms with Gasteiger partial charge in [0, 0.05) is 6.07 Å². The van der Waals surface area contributed by atoms with E-state index in [2.05, 4.69) is 10.3 Å². The minimum Gasteiger partial charge on any atom is -0.491 e. The fraction of sp³-hybridized carbons (Fsp3) is 0.611.